The van der Waals surface area contributed by atoms with Crippen LogP contribution in [0.15, 0.2) is 23.2 Å². The molecule has 2 N–H and O–H groups in total. The Kier molecular flexibility index (Phi) is 11.3. The predicted octanol–water partition coefficient (Wildman–Crippen LogP) is 3.01. The molecule has 0 unspecified atom stereocenters. The predicted molar refractivity (Wildman–Crippen MR) is 101 cm³/mol. The van der Waals surface area contributed by atoms with Gasteiger partial charge in [-0.1, -0.05) is 23.8 Å². The number of guanidine groups is 1. The number of aryl methyl sites for hydroxylation is 2. The maximum atomic E-state index is 5.04. The van der Waals surface area contributed by atoms with Gasteiger partial charge in [0.15, 0.2) is 5.96 Å². The van der Waals surface area contributed by atoms with Gasteiger partial charge in [0, 0.05) is 26.8 Å². The molecule has 0 aliphatic carbocycles. The Morgan fingerprint density at radius 1 is 1.24 bits per heavy atom. The lowest BCUT2D eigenvalue weighted by atomic mass is 10.1. The van der Waals surface area contributed by atoms with Crippen molar-refractivity contribution in [2.24, 2.45) is 4.99 Å². The minimum Gasteiger partial charge on any atom is -0.385 e. The maximum absolute atomic E-state index is 5.04. The standard InChI is InChI=1S/C16H27N3O.HI/c1-5-17-16(18-9-6-10-20-4)19-12-15-8-7-13(2)11-14(15)3;/h7-8,11H,5-6,9-10,12H2,1-4H3,(H2,17,18,19);1H. The van der Waals surface area contributed by atoms with E-state index in [9.17, 15) is 0 Å². The van der Waals surface area contributed by atoms with Gasteiger partial charge in [-0.05, 0) is 38.3 Å². The van der Waals surface area contributed by atoms with E-state index in [0.717, 1.165) is 32.1 Å². The van der Waals surface area contributed by atoms with Crippen LogP contribution in [-0.4, -0.2) is 32.8 Å². The molecule has 5 heteroatoms. The molecule has 0 aliphatic heterocycles. The molecule has 0 amide bonds. The van der Waals surface area contributed by atoms with E-state index in [0.29, 0.717) is 6.54 Å². The number of methoxy groups -OCH3 is 1. The van der Waals surface area contributed by atoms with Crippen LogP contribution in [0.5, 0.6) is 0 Å². The molecule has 120 valence electrons. The summed E-state index contributed by atoms with van der Waals surface area (Å²) in [5.74, 6) is 0.864. The molecule has 0 spiro atoms. The van der Waals surface area contributed by atoms with Gasteiger partial charge < -0.3 is 15.4 Å². The highest BCUT2D eigenvalue weighted by molar-refractivity contribution is 14.0. The van der Waals surface area contributed by atoms with Gasteiger partial charge in [-0.2, -0.15) is 0 Å². The third-order valence-corrected chi connectivity index (χ3v) is 3.07. The average molecular weight is 405 g/mol. The third kappa shape index (κ3) is 8.26. The second-order valence-corrected chi connectivity index (χ2v) is 4.90. The van der Waals surface area contributed by atoms with Gasteiger partial charge in [0.1, 0.15) is 0 Å². The second-order valence-electron chi connectivity index (χ2n) is 4.90. The summed E-state index contributed by atoms with van der Waals surface area (Å²) < 4.78 is 5.04. The Bertz CT molecular complexity index is 436. The monoisotopic (exact) mass is 405 g/mol. The Balaban J connectivity index is 0.00000400. The molecular formula is C16H28IN3O. The molecule has 0 aliphatic rings. The first kappa shape index (κ1) is 20.2. The average Bonchev–Trinajstić information content (AvgIpc) is 2.42. The van der Waals surface area contributed by atoms with Crippen molar-refractivity contribution < 1.29 is 4.74 Å². The van der Waals surface area contributed by atoms with Crippen LogP contribution in [0.3, 0.4) is 0 Å². The van der Waals surface area contributed by atoms with Gasteiger partial charge in [0.2, 0.25) is 0 Å². The number of hydrogen-bond donors (Lipinski definition) is 2. The van der Waals surface area contributed by atoms with Gasteiger partial charge in [0.05, 0.1) is 6.54 Å². The summed E-state index contributed by atoms with van der Waals surface area (Å²) in [5, 5.41) is 6.57. The lowest BCUT2D eigenvalue weighted by Gasteiger charge is -2.11. The fourth-order valence-electron chi connectivity index (χ4n) is 1.95. The van der Waals surface area contributed by atoms with E-state index in [1.807, 2.05) is 0 Å². The van der Waals surface area contributed by atoms with Crippen LogP contribution < -0.4 is 10.6 Å². The van der Waals surface area contributed by atoms with Crippen molar-refractivity contribution in [3.05, 3.63) is 34.9 Å². The van der Waals surface area contributed by atoms with Crippen molar-refractivity contribution in [1.82, 2.24) is 10.6 Å². The van der Waals surface area contributed by atoms with Crippen LogP contribution in [0.25, 0.3) is 0 Å². The summed E-state index contributed by atoms with van der Waals surface area (Å²) in [6.45, 7) is 9.52. The molecule has 0 fully saturated rings. The summed E-state index contributed by atoms with van der Waals surface area (Å²) in [7, 11) is 1.72. The van der Waals surface area contributed by atoms with Crippen molar-refractivity contribution in [3.63, 3.8) is 0 Å². The number of benzene rings is 1. The van der Waals surface area contributed by atoms with E-state index in [1.165, 1.54) is 16.7 Å². The van der Waals surface area contributed by atoms with Gasteiger partial charge in [-0.25, -0.2) is 4.99 Å². The molecule has 1 aromatic rings. The minimum atomic E-state index is 0. The smallest absolute Gasteiger partial charge is 0.191 e. The van der Waals surface area contributed by atoms with E-state index in [4.69, 9.17) is 4.74 Å². The molecule has 0 atom stereocenters. The molecule has 1 rings (SSSR count). The molecular weight excluding hydrogens is 377 g/mol. The zero-order valence-corrected chi connectivity index (χ0v) is 15.9. The molecule has 0 heterocycles. The number of halogens is 1. The summed E-state index contributed by atoms with van der Waals surface area (Å²) in [6, 6.07) is 6.49. The van der Waals surface area contributed by atoms with Crippen LogP contribution in [0.4, 0.5) is 0 Å². The van der Waals surface area contributed by atoms with Crippen LogP contribution in [-0.2, 0) is 11.3 Å². The van der Waals surface area contributed by atoms with E-state index in [-0.39, 0.29) is 24.0 Å². The first-order chi connectivity index (χ1) is 9.67. The van der Waals surface area contributed by atoms with Crippen molar-refractivity contribution >= 4 is 29.9 Å². The SMILES string of the molecule is CCNC(=NCc1ccc(C)cc1C)NCCCOC.I. The lowest BCUT2D eigenvalue weighted by Crippen LogP contribution is -2.38. The quantitative estimate of drug-likeness (QED) is 0.317. The highest BCUT2D eigenvalue weighted by Gasteiger charge is 2.00. The number of nitrogens with zero attached hydrogens (tertiary/aromatic N) is 1. The maximum Gasteiger partial charge on any atom is 0.191 e. The normalized spacial score (nSPS) is 11.0. The van der Waals surface area contributed by atoms with E-state index in [1.54, 1.807) is 7.11 Å². The second kappa shape index (κ2) is 11.8. The number of rotatable bonds is 7. The van der Waals surface area contributed by atoms with Crippen LogP contribution in [0, 0.1) is 13.8 Å². The molecule has 0 saturated heterocycles. The Morgan fingerprint density at radius 3 is 2.62 bits per heavy atom. The highest BCUT2D eigenvalue weighted by atomic mass is 127. The fraction of sp³-hybridized carbons (Fsp3) is 0.562. The van der Waals surface area contributed by atoms with Gasteiger partial charge in [-0.3, -0.25) is 0 Å². The third-order valence-electron chi connectivity index (χ3n) is 3.07. The zero-order valence-electron chi connectivity index (χ0n) is 13.5. The van der Waals surface area contributed by atoms with E-state index < -0.39 is 0 Å². The summed E-state index contributed by atoms with van der Waals surface area (Å²) in [5.41, 5.74) is 3.86. The largest absolute Gasteiger partial charge is 0.385 e. The van der Waals surface area contributed by atoms with Crippen LogP contribution in [0.1, 0.15) is 30.0 Å². The Labute approximate surface area is 145 Å². The molecule has 21 heavy (non-hydrogen) atoms. The molecule has 0 saturated carbocycles. The summed E-state index contributed by atoms with van der Waals surface area (Å²) in [6.07, 6.45) is 0.977. The van der Waals surface area contributed by atoms with Crippen LogP contribution in [0.2, 0.25) is 0 Å². The number of aliphatic imine (C=N–C) groups is 1. The van der Waals surface area contributed by atoms with Crippen LogP contribution >= 0.6 is 24.0 Å². The number of nitrogens with one attached hydrogen (secondary N) is 2. The Morgan fingerprint density at radius 2 is 2.00 bits per heavy atom. The van der Waals surface area contributed by atoms with Gasteiger partial charge in [-0.15, -0.1) is 24.0 Å². The van der Waals surface area contributed by atoms with E-state index in [2.05, 4.69) is 54.6 Å². The fourth-order valence-corrected chi connectivity index (χ4v) is 1.95. The zero-order chi connectivity index (χ0) is 14.8. The summed E-state index contributed by atoms with van der Waals surface area (Å²) >= 11 is 0. The van der Waals surface area contributed by atoms with Crippen molar-refractivity contribution in [1.29, 1.82) is 0 Å². The van der Waals surface area contributed by atoms with Gasteiger partial charge >= 0.3 is 0 Å². The first-order valence-electron chi connectivity index (χ1n) is 7.24. The Hall–Kier alpha value is -0.820. The molecule has 0 aromatic heterocycles. The summed E-state index contributed by atoms with van der Waals surface area (Å²) in [4.78, 5) is 4.63. The number of hydrogen-bond acceptors (Lipinski definition) is 2. The van der Waals surface area contributed by atoms with Crippen molar-refractivity contribution in [2.75, 3.05) is 26.8 Å². The van der Waals surface area contributed by atoms with Crippen molar-refractivity contribution in [3.8, 4) is 0 Å². The lowest BCUT2D eigenvalue weighted by molar-refractivity contribution is 0.195. The van der Waals surface area contributed by atoms with Crippen molar-refractivity contribution in [2.45, 2.75) is 33.7 Å². The molecule has 4 nitrogen and oxygen atoms in total. The molecule has 0 radical (unpaired) electrons. The highest BCUT2D eigenvalue weighted by Crippen LogP contribution is 2.11. The number of ether oxygens (including phenoxy) is 1. The van der Waals surface area contributed by atoms with E-state index >= 15 is 0 Å². The molecule has 0 bridgehead atoms. The topological polar surface area (TPSA) is 45.7 Å². The first-order valence-corrected chi connectivity index (χ1v) is 7.24. The minimum absolute atomic E-state index is 0. The van der Waals surface area contributed by atoms with Gasteiger partial charge in [0.25, 0.3) is 0 Å². The molecule has 1 aromatic carbocycles.